The molecule has 3 heteroatoms. The third-order valence-electron chi connectivity index (χ3n) is 2.08. The lowest BCUT2D eigenvalue weighted by molar-refractivity contribution is 0.402. The van der Waals surface area contributed by atoms with Gasteiger partial charge in [0.25, 0.3) is 0 Å². The molecule has 0 unspecified atom stereocenters. The highest BCUT2D eigenvalue weighted by atomic mass is 15.2. The zero-order valence-electron chi connectivity index (χ0n) is 6.09. The van der Waals surface area contributed by atoms with Crippen LogP contribution < -0.4 is 0 Å². The first kappa shape index (κ1) is 5.89. The SMILES string of the molecule is Cc1nc(C2CCC2)n[nH]1. The van der Waals surface area contributed by atoms with Crippen molar-refractivity contribution < 1.29 is 0 Å². The van der Waals surface area contributed by atoms with Crippen molar-refractivity contribution in [2.45, 2.75) is 32.1 Å². The normalized spacial score (nSPS) is 18.9. The van der Waals surface area contributed by atoms with Crippen LogP contribution in [0.1, 0.15) is 36.8 Å². The Hall–Kier alpha value is -0.860. The van der Waals surface area contributed by atoms with Gasteiger partial charge in [0.05, 0.1) is 0 Å². The number of aromatic amines is 1. The van der Waals surface area contributed by atoms with Crippen LogP contribution >= 0.6 is 0 Å². The highest BCUT2D eigenvalue weighted by Crippen LogP contribution is 2.33. The van der Waals surface area contributed by atoms with Gasteiger partial charge >= 0.3 is 0 Å². The van der Waals surface area contributed by atoms with E-state index >= 15 is 0 Å². The maximum atomic E-state index is 4.27. The van der Waals surface area contributed by atoms with E-state index in [2.05, 4.69) is 15.2 Å². The highest BCUT2D eigenvalue weighted by molar-refractivity contribution is 5.00. The van der Waals surface area contributed by atoms with Crippen LogP contribution in [0.3, 0.4) is 0 Å². The topological polar surface area (TPSA) is 41.6 Å². The van der Waals surface area contributed by atoms with Crippen molar-refractivity contribution in [3.8, 4) is 0 Å². The summed E-state index contributed by atoms with van der Waals surface area (Å²) in [6.07, 6.45) is 3.90. The van der Waals surface area contributed by atoms with Gasteiger partial charge in [-0.15, -0.1) is 0 Å². The predicted molar refractivity (Wildman–Crippen MR) is 37.7 cm³/mol. The van der Waals surface area contributed by atoms with Gasteiger partial charge in [-0.25, -0.2) is 4.98 Å². The summed E-state index contributed by atoms with van der Waals surface area (Å²) in [5, 5.41) is 6.96. The van der Waals surface area contributed by atoms with Crippen molar-refractivity contribution in [1.29, 1.82) is 0 Å². The lowest BCUT2D eigenvalue weighted by Crippen LogP contribution is -2.10. The van der Waals surface area contributed by atoms with Crippen molar-refractivity contribution in [2.75, 3.05) is 0 Å². The van der Waals surface area contributed by atoms with Gasteiger partial charge in [-0.2, -0.15) is 5.10 Å². The minimum absolute atomic E-state index is 0.657. The molecule has 0 bridgehead atoms. The molecule has 1 aromatic rings. The maximum Gasteiger partial charge on any atom is 0.153 e. The lowest BCUT2D eigenvalue weighted by atomic mass is 9.85. The number of nitrogens with zero attached hydrogens (tertiary/aromatic N) is 2. The van der Waals surface area contributed by atoms with E-state index in [1.54, 1.807) is 0 Å². The molecule has 0 atom stereocenters. The van der Waals surface area contributed by atoms with Crippen molar-refractivity contribution in [3.05, 3.63) is 11.6 Å². The molecule has 1 N–H and O–H groups in total. The molecule has 1 saturated carbocycles. The summed E-state index contributed by atoms with van der Waals surface area (Å²) >= 11 is 0. The van der Waals surface area contributed by atoms with Gasteiger partial charge in [0.2, 0.25) is 0 Å². The van der Waals surface area contributed by atoms with E-state index in [-0.39, 0.29) is 0 Å². The summed E-state index contributed by atoms with van der Waals surface area (Å²) in [6.45, 7) is 1.94. The van der Waals surface area contributed by atoms with E-state index in [0.717, 1.165) is 11.6 Å². The monoisotopic (exact) mass is 137 g/mol. The number of hydrogen-bond acceptors (Lipinski definition) is 2. The van der Waals surface area contributed by atoms with E-state index < -0.39 is 0 Å². The van der Waals surface area contributed by atoms with Crippen molar-refractivity contribution in [1.82, 2.24) is 15.2 Å². The summed E-state index contributed by atoms with van der Waals surface area (Å²) in [5.41, 5.74) is 0. The van der Waals surface area contributed by atoms with Crippen LogP contribution in [0.2, 0.25) is 0 Å². The molecule has 0 amide bonds. The fourth-order valence-electron chi connectivity index (χ4n) is 1.21. The van der Waals surface area contributed by atoms with E-state index in [1.807, 2.05) is 6.92 Å². The van der Waals surface area contributed by atoms with Crippen LogP contribution in [0.25, 0.3) is 0 Å². The molecular formula is C7H11N3. The number of nitrogens with one attached hydrogen (secondary N) is 1. The number of rotatable bonds is 1. The molecular weight excluding hydrogens is 126 g/mol. The summed E-state index contributed by atoms with van der Waals surface area (Å²) in [7, 11) is 0. The van der Waals surface area contributed by atoms with Gasteiger partial charge in [-0.05, 0) is 19.8 Å². The van der Waals surface area contributed by atoms with Crippen LogP contribution in [-0.2, 0) is 0 Å². The minimum Gasteiger partial charge on any atom is -0.263 e. The quantitative estimate of drug-likeness (QED) is 0.635. The number of aromatic nitrogens is 3. The van der Waals surface area contributed by atoms with Gasteiger partial charge in [-0.1, -0.05) is 6.42 Å². The molecule has 0 spiro atoms. The highest BCUT2D eigenvalue weighted by Gasteiger charge is 2.22. The van der Waals surface area contributed by atoms with Gasteiger partial charge in [-0.3, -0.25) is 5.10 Å². The molecule has 1 aliphatic rings. The Morgan fingerprint density at radius 3 is 2.70 bits per heavy atom. The largest absolute Gasteiger partial charge is 0.263 e. The number of aryl methyl sites for hydroxylation is 1. The average Bonchev–Trinajstić information content (AvgIpc) is 2.10. The molecule has 1 heterocycles. The van der Waals surface area contributed by atoms with Crippen LogP contribution in [0.4, 0.5) is 0 Å². The Morgan fingerprint density at radius 1 is 1.50 bits per heavy atom. The fourth-order valence-corrected chi connectivity index (χ4v) is 1.21. The molecule has 0 aliphatic heterocycles. The average molecular weight is 137 g/mol. The third kappa shape index (κ3) is 0.818. The Balaban J connectivity index is 2.17. The number of hydrogen-bond donors (Lipinski definition) is 1. The van der Waals surface area contributed by atoms with Crippen molar-refractivity contribution >= 4 is 0 Å². The molecule has 54 valence electrons. The van der Waals surface area contributed by atoms with Crippen molar-refractivity contribution in [2.24, 2.45) is 0 Å². The first-order chi connectivity index (χ1) is 4.86. The summed E-state index contributed by atoms with van der Waals surface area (Å²) < 4.78 is 0. The molecule has 0 radical (unpaired) electrons. The number of H-pyrrole nitrogens is 1. The van der Waals surface area contributed by atoms with E-state index in [9.17, 15) is 0 Å². The summed E-state index contributed by atoms with van der Waals surface area (Å²) in [5.74, 6) is 2.61. The second kappa shape index (κ2) is 2.08. The van der Waals surface area contributed by atoms with Crippen molar-refractivity contribution in [3.63, 3.8) is 0 Å². The zero-order valence-corrected chi connectivity index (χ0v) is 6.09. The van der Waals surface area contributed by atoms with Crippen LogP contribution in [0.5, 0.6) is 0 Å². The molecule has 10 heavy (non-hydrogen) atoms. The molecule has 1 aliphatic carbocycles. The Morgan fingerprint density at radius 2 is 2.30 bits per heavy atom. The second-order valence-electron chi connectivity index (χ2n) is 2.91. The predicted octanol–water partition coefficient (Wildman–Crippen LogP) is 1.38. The lowest BCUT2D eigenvalue weighted by Gasteiger charge is -2.21. The fraction of sp³-hybridized carbons (Fsp3) is 0.714. The van der Waals surface area contributed by atoms with Crippen LogP contribution in [-0.4, -0.2) is 15.2 Å². The third-order valence-corrected chi connectivity index (χ3v) is 2.08. The minimum atomic E-state index is 0.657. The second-order valence-corrected chi connectivity index (χ2v) is 2.91. The summed E-state index contributed by atoms with van der Waals surface area (Å²) in [6, 6.07) is 0. The van der Waals surface area contributed by atoms with E-state index in [4.69, 9.17) is 0 Å². The molecule has 1 fully saturated rings. The standard InChI is InChI=1S/C7H11N3/c1-5-8-7(10-9-5)6-3-2-4-6/h6H,2-4H2,1H3,(H,8,9,10). The first-order valence-electron chi connectivity index (χ1n) is 3.75. The molecule has 0 saturated heterocycles. The molecule has 3 nitrogen and oxygen atoms in total. The molecule has 1 aromatic heterocycles. The Labute approximate surface area is 59.9 Å². The molecule has 0 aromatic carbocycles. The summed E-state index contributed by atoms with van der Waals surface area (Å²) in [4.78, 5) is 4.27. The van der Waals surface area contributed by atoms with E-state index in [0.29, 0.717) is 5.92 Å². The zero-order chi connectivity index (χ0) is 6.97. The first-order valence-corrected chi connectivity index (χ1v) is 3.75. The smallest absolute Gasteiger partial charge is 0.153 e. The van der Waals surface area contributed by atoms with Gasteiger partial charge < -0.3 is 0 Å². The Kier molecular flexibility index (Phi) is 1.22. The van der Waals surface area contributed by atoms with Crippen LogP contribution in [0, 0.1) is 6.92 Å². The van der Waals surface area contributed by atoms with Gasteiger partial charge in [0, 0.05) is 5.92 Å². The van der Waals surface area contributed by atoms with Gasteiger partial charge in [0.1, 0.15) is 5.82 Å². The van der Waals surface area contributed by atoms with E-state index in [1.165, 1.54) is 19.3 Å². The maximum absolute atomic E-state index is 4.27. The van der Waals surface area contributed by atoms with Crippen LogP contribution in [0.15, 0.2) is 0 Å². The molecule has 2 rings (SSSR count). The van der Waals surface area contributed by atoms with Gasteiger partial charge in [0.15, 0.2) is 5.82 Å². The Bertz CT molecular complexity index is 225.